The smallest absolute Gasteiger partial charge is 0.250 e. The first kappa shape index (κ1) is 21.1. The number of hydrogen-bond donors (Lipinski definition) is 2. The fourth-order valence-electron chi connectivity index (χ4n) is 2.82. The fraction of sp³-hybridized carbons (Fsp3) is 0.0435. The zero-order valence-corrected chi connectivity index (χ0v) is 17.7. The van der Waals surface area contributed by atoms with Gasteiger partial charge in [-0.15, -0.1) is 0 Å². The number of ether oxygens (including phenoxy) is 1. The molecular formula is C23H17FN4O3S. The van der Waals surface area contributed by atoms with Crippen LogP contribution >= 0.6 is 11.3 Å². The van der Waals surface area contributed by atoms with E-state index in [1.165, 1.54) is 48.7 Å². The van der Waals surface area contributed by atoms with E-state index in [0.29, 0.717) is 27.6 Å². The van der Waals surface area contributed by atoms with Crippen LogP contribution in [0.1, 0.15) is 12.5 Å². The second-order valence-electron chi connectivity index (χ2n) is 6.69. The van der Waals surface area contributed by atoms with Crippen molar-refractivity contribution in [2.75, 3.05) is 10.6 Å². The van der Waals surface area contributed by atoms with Gasteiger partial charge in [0.2, 0.25) is 11.8 Å². The Morgan fingerprint density at radius 3 is 2.75 bits per heavy atom. The lowest BCUT2D eigenvalue weighted by Crippen LogP contribution is -2.07. The van der Waals surface area contributed by atoms with Gasteiger partial charge in [0.25, 0.3) is 0 Å². The molecule has 2 aromatic carbocycles. The summed E-state index contributed by atoms with van der Waals surface area (Å²) < 4.78 is 20.6. The van der Waals surface area contributed by atoms with Gasteiger partial charge in [-0.05, 0) is 54.1 Å². The van der Waals surface area contributed by atoms with E-state index in [-0.39, 0.29) is 11.7 Å². The lowest BCUT2D eigenvalue weighted by Gasteiger charge is -2.06. The molecule has 0 aliphatic rings. The lowest BCUT2D eigenvalue weighted by molar-refractivity contribution is -0.114. The maximum absolute atomic E-state index is 14.3. The van der Waals surface area contributed by atoms with E-state index >= 15 is 0 Å². The highest BCUT2D eigenvalue weighted by Crippen LogP contribution is 2.29. The number of fused-ring (bicyclic) bond motifs is 1. The van der Waals surface area contributed by atoms with Gasteiger partial charge in [0, 0.05) is 24.9 Å². The molecule has 0 bridgehead atoms. The van der Waals surface area contributed by atoms with Gasteiger partial charge in [0.05, 0.1) is 16.4 Å². The lowest BCUT2D eigenvalue weighted by atomic mass is 10.2. The number of carbonyl (C=O) groups excluding carboxylic acids is 2. The Bertz CT molecular complexity index is 1320. The minimum absolute atomic E-state index is 0.0627. The van der Waals surface area contributed by atoms with Gasteiger partial charge in [0.15, 0.2) is 16.7 Å². The van der Waals surface area contributed by atoms with Crippen LogP contribution in [0.5, 0.6) is 11.5 Å². The standard InChI is InChI=1S/C23H17FN4O3S/c1-14(29)26-16-6-7-19-21(12-16)32-23(27-19)28-22(30)9-5-15-4-8-20(18(24)11-15)31-17-3-2-10-25-13-17/h2-13H,1H3,(H,26,29)(H,27,28,30)/b9-5+. The van der Waals surface area contributed by atoms with Crippen molar-refractivity contribution in [3.05, 3.63) is 78.4 Å². The van der Waals surface area contributed by atoms with E-state index in [1.54, 1.807) is 42.6 Å². The van der Waals surface area contributed by atoms with E-state index in [9.17, 15) is 14.0 Å². The molecule has 0 atom stereocenters. The van der Waals surface area contributed by atoms with Crippen molar-refractivity contribution in [2.45, 2.75) is 6.92 Å². The summed E-state index contributed by atoms with van der Waals surface area (Å²) >= 11 is 1.28. The van der Waals surface area contributed by atoms with Crippen LogP contribution in [-0.4, -0.2) is 21.8 Å². The first-order valence-electron chi connectivity index (χ1n) is 9.51. The molecule has 0 spiro atoms. The Morgan fingerprint density at radius 1 is 1.12 bits per heavy atom. The molecule has 2 heterocycles. The first-order valence-corrected chi connectivity index (χ1v) is 10.3. The normalized spacial score (nSPS) is 10.9. The van der Waals surface area contributed by atoms with Crippen LogP contribution in [0.25, 0.3) is 16.3 Å². The molecule has 2 N–H and O–H groups in total. The monoisotopic (exact) mass is 448 g/mol. The Hall–Kier alpha value is -4.11. The second kappa shape index (κ2) is 9.36. The van der Waals surface area contributed by atoms with Gasteiger partial charge in [-0.25, -0.2) is 9.37 Å². The van der Waals surface area contributed by atoms with Crippen molar-refractivity contribution in [1.82, 2.24) is 9.97 Å². The van der Waals surface area contributed by atoms with Gasteiger partial charge < -0.3 is 10.1 Å². The van der Waals surface area contributed by atoms with E-state index in [4.69, 9.17) is 4.74 Å². The van der Waals surface area contributed by atoms with Gasteiger partial charge in [0.1, 0.15) is 5.75 Å². The zero-order chi connectivity index (χ0) is 22.5. The number of anilines is 2. The highest BCUT2D eigenvalue weighted by atomic mass is 32.1. The Morgan fingerprint density at radius 2 is 2.00 bits per heavy atom. The quantitative estimate of drug-likeness (QED) is 0.394. The average Bonchev–Trinajstić information content (AvgIpc) is 3.15. The SMILES string of the molecule is CC(=O)Nc1ccc2nc(NC(=O)/C=C/c3ccc(Oc4cccnc4)c(F)c3)sc2c1. The molecule has 9 heteroatoms. The highest BCUT2D eigenvalue weighted by molar-refractivity contribution is 7.22. The Labute approximate surface area is 186 Å². The molecule has 0 saturated carbocycles. The van der Waals surface area contributed by atoms with Crippen molar-refractivity contribution >= 4 is 50.3 Å². The minimum Gasteiger partial charge on any atom is -0.453 e. The molecule has 4 aromatic rings. The number of pyridine rings is 1. The van der Waals surface area contributed by atoms with Crippen molar-refractivity contribution < 1.29 is 18.7 Å². The number of nitrogens with zero attached hydrogens (tertiary/aromatic N) is 2. The van der Waals surface area contributed by atoms with Crippen LogP contribution in [-0.2, 0) is 9.59 Å². The largest absolute Gasteiger partial charge is 0.453 e. The number of carbonyl (C=O) groups is 2. The van der Waals surface area contributed by atoms with Gasteiger partial charge >= 0.3 is 0 Å². The molecule has 0 aliphatic heterocycles. The maximum Gasteiger partial charge on any atom is 0.250 e. The molecular weight excluding hydrogens is 431 g/mol. The van der Waals surface area contributed by atoms with Crippen LogP contribution in [0.4, 0.5) is 15.2 Å². The minimum atomic E-state index is -0.558. The summed E-state index contributed by atoms with van der Waals surface area (Å²) in [5.74, 6) is -0.637. The summed E-state index contributed by atoms with van der Waals surface area (Å²) in [7, 11) is 0. The molecule has 0 unspecified atom stereocenters. The third kappa shape index (κ3) is 5.32. The molecule has 0 fully saturated rings. The maximum atomic E-state index is 14.3. The van der Waals surface area contributed by atoms with Crippen molar-refractivity contribution in [3.8, 4) is 11.5 Å². The van der Waals surface area contributed by atoms with Gasteiger partial charge in [-0.1, -0.05) is 17.4 Å². The van der Waals surface area contributed by atoms with Crippen LogP contribution in [0, 0.1) is 5.82 Å². The summed E-state index contributed by atoms with van der Waals surface area (Å²) in [5.41, 5.74) is 1.86. The Balaban J connectivity index is 1.41. The average molecular weight is 448 g/mol. The molecule has 160 valence electrons. The van der Waals surface area contributed by atoms with E-state index in [2.05, 4.69) is 20.6 Å². The molecule has 32 heavy (non-hydrogen) atoms. The number of rotatable bonds is 6. The number of aromatic nitrogens is 2. The summed E-state index contributed by atoms with van der Waals surface area (Å²) in [5, 5.41) is 5.81. The van der Waals surface area contributed by atoms with Crippen molar-refractivity contribution in [3.63, 3.8) is 0 Å². The van der Waals surface area contributed by atoms with Gasteiger partial charge in [-0.3, -0.25) is 19.9 Å². The Kier molecular flexibility index (Phi) is 6.18. The number of thiazole rings is 1. The van der Waals surface area contributed by atoms with Crippen LogP contribution in [0.3, 0.4) is 0 Å². The number of hydrogen-bond acceptors (Lipinski definition) is 6. The second-order valence-corrected chi connectivity index (χ2v) is 7.72. The third-order valence-corrected chi connectivity index (χ3v) is 5.12. The summed E-state index contributed by atoms with van der Waals surface area (Å²) in [4.78, 5) is 31.7. The predicted molar refractivity (Wildman–Crippen MR) is 122 cm³/mol. The van der Waals surface area contributed by atoms with E-state index in [1.807, 2.05) is 0 Å². The van der Waals surface area contributed by atoms with Crippen molar-refractivity contribution in [1.29, 1.82) is 0 Å². The molecule has 2 aromatic heterocycles. The summed E-state index contributed by atoms with van der Waals surface area (Å²) in [6.07, 6.45) is 5.87. The van der Waals surface area contributed by atoms with E-state index in [0.717, 1.165) is 4.70 Å². The van der Waals surface area contributed by atoms with Crippen LogP contribution < -0.4 is 15.4 Å². The predicted octanol–water partition coefficient (Wildman–Crippen LogP) is 5.23. The van der Waals surface area contributed by atoms with Crippen LogP contribution in [0.2, 0.25) is 0 Å². The van der Waals surface area contributed by atoms with Crippen molar-refractivity contribution in [2.24, 2.45) is 0 Å². The first-order chi connectivity index (χ1) is 15.5. The molecule has 2 amide bonds. The number of halogens is 1. The fourth-order valence-corrected chi connectivity index (χ4v) is 3.72. The topological polar surface area (TPSA) is 93.2 Å². The number of amides is 2. The number of benzene rings is 2. The van der Waals surface area contributed by atoms with E-state index < -0.39 is 11.7 Å². The summed E-state index contributed by atoms with van der Waals surface area (Å²) in [6.45, 7) is 1.43. The summed E-state index contributed by atoms with van der Waals surface area (Å²) in [6, 6.07) is 13.1. The third-order valence-electron chi connectivity index (χ3n) is 4.18. The van der Waals surface area contributed by atoms with Gasteiger partial charge in [-0.2, -0.15) is 0 Å². The zero-order valence-electron chi connectivity index (χ0n) is 16.8. The molecule has 0 radical (unpaired) electrons. The highest BCUT2D eigenvalue weighted by Gasteiger charge is 2.08. The van der Waals surface area contributed by atoms with Crippen LogP contribution in [0.15, 0.2) is 67.0 Å². The molecule has 7 nitrogen and oxygen atoms in total. The molecule has 4 rings (SSSR count). The number of nitrogens with one attached hydrogen (secondary N) is 2. The molecule has 0 aliphatic carbocycles. The molecule has 0 saturated heterocycles.